The van der Waals surface area contributed by atoms with Crippen molar-refractivity contribution in [1.82, 2.24) is 4.90 Å². The number of hydrogen-bond donors (Lipinski definition) is 1. The highest BCUT2D eigenvalue weighted by Crippen LogP contribution is 2.34. The molecule has 3 aromatic rings. The van der Waals surface area contributed by atoms with Gasteiger partial charge in [0.15, 0.2) is 10.9 Å². The number of nitrogens with zero attached hydrogens (tertiary/aromatic N) is 4. The summed E-state index contributed by atoms with van der Waals surface area (Å²) in [5, 5.41) is 23.8. The van der Waals surface area contributed by atoms with E-state index in [1.807, 2.05) is 12.1 Å². The van der Waals surface area contributed by atoms with Crippen LogP contribution in [0.4, 0.5) is 11.4 Å². The Morgan fingerprint density at radius 1 is 1.00 bits per heavy atom. The Hall–Kier alpha value is -3.85. The molecule has 1 fully saturated rings. The van der Waals surface area contributed by atoms with E-state index in [0.717, 1.165) is 26.2 Å². The molecule has 1 saturated heterocycles. The van der Waals surface area contributed by atoms with Crippen LogP contribution in [0.25, 0.3) is 16.8 Å². The van der Waals surface area contributed by atoms with Gasteiger partial charge in [-0.25, -0.2) is 0 Å². The summed E-state index contributed by atoms with van der Waals surface area (Å²) in [5.74, 6) is -0.768. The van der Waals surface area contributed by atoms with Crippen molar-refractivity contribution in [3.63, 3.8) is 0 Å². The predicted molar refractivity (Wildman–Crippen MR) is 131 cm³/mol. The van der Waals surface area contributed by atoms with Crippen LogP contribution in [0.5, 0.6) is 5.75 Å². The molecule has 1 amide bonds. The van der Waals surface area contributed by atoms with E-state index < -0.39 is 16.4 Å². The zero-order valence-corrected chi connectivity index (χ0v) is 18.4. The summed E-state index contributed by atoms with van der Waals surface area (Å²) in [6.45, 7) is 3.09. The van der Waals surface area contributed by atoms with Gasteiger partial charge in [0.05, 0.1) is 9.83 Å². The van der Waals surface area contributed by atoms with Crippen LogP contribution in [0.2, 0.25) is 0 Å². The first-order chi connectivity index (χ1) is 16.0. The average molecular weight is 461 g/mol. The number of nitro groups is 1. The fourth-order valence-corrected chi connectivity index (χ4v) is 5.05. The van der Waals surface area contributed by atoms with Crippen molar-refractivity contribution in [2.75, 3.05) is 31.1 Å². The van der Waals surface area contributed by atoms with Gasteiger partial charge >= 0.3 is 5.69 Å². The van der Waals surface area contributed by atoms with Crippen molar-refractivity contribution in [2.24, 2.45) is 4.99 Å². The van der Waals surface area contributed by atoms with Crippen LogP contribution in [0.1, 0.15) is 5.56 Å². The summed E-state index contributed by atoms with van der Waals surface area (Å²) in [6, 6.07) is 18.7. The Morgan fingerprint density at radius 2 is 1.73 bits per heavy atom. The van der Waals surface area contributed by atoms with Gasteiger partial charge in [-0.15, -0.1) is 0 Å². The summed E-state index contributed by atoms with van der Waals surface area (Å²) < 4.78 is 0. The molecule has 166 valence electrons. The lowest BCUT2D eigenvalue weighted by atomic mass is 10.1. The van der Waals surface area contributed by atoms with Gasteiger partial charge in [0.1, 0.15) is 0 Å². The van der Waals surface area contributed by atoms with Crippen molar-refractivity contribution in [3.05, 3.63) is 81.2 Å². The molecule has 3 aromatic carbocycles. The topological polar surface area (TPSA) is 99.3 Å². The number of thioether (sulfide) groups is 1. The largest absolute Gasteiger partial charge is 0.502 e. The number of fused-ring (bicyclic) bond motifs is 1. The Bertz CT molecular complexity index is 1320. The first-order valence-electron chi connectivity index (χ1n) is 10.5. The molecule has 0 radical (unpaired) electrons. The second-order valence-corrected chi connectivity index (χ2v) is 8.80. The lowest BCUT2D eigenvalue weighted by Crippen LogP contribution is -2.47. The highest BCUT2D eigenvalue weighted by atomic mass is 32.2. The molecule has 0 unspecified atom stereocenters. The second kappa shape index (κ2) is 8.59. The number of hydrogen-bond acceptors (Lipinski definition) is 7. The molecule has 0 bridgehead atoms. The standard InChI is InChI=1S/C24H20N4O4S/c29-21-9-8-16(14-20(21)28(31)32)15-22-23(30)25-24(33-22)27-12-10-26(11-13-27)19-7-3-5-17-4-1-2-6-18(17)19/h1-9,14-15,29H,10-13H2/b22-15+. The minimum absolute atomic E-state index is 0.359. The molecule has 0 saturated carbocycles. The van der Waals surface area contributed by atoms with Gasteiger partial charge < -0.3 is 14.9 Å². The van der Waals surface area contributed by atoms with Crippen LogP contribution in [0, 0.1) is 10.1 Å². The highest BCUT2D eigenvalue weighted by molar-refractivity contribution is 8.18. The molecule has 2 aliphatic rings. The quantitative estimate of drug-likeness (QED) is 0.354. The summed E-state index contributed by atoms with van der Waals surface area (Å²) in [6.07, 6.45) is 1.57. The Kier molecular flexibility index (Phi) is 5.47. The molecular weight excluding hydrogens is 440 g/mol. The van der Waals surface area contributed by atoms with Crippen molar-refractivity contribution in [2.45, 2.75) is 0 Å². The minimum Gasteiger partial charge on any atom is -0.502 e. The summed E-state index contributed by atoms with van der Waals surface area (Å²) in [4.78, 5) is 31.9. The number of amidine groups is 1. The molecule has 8 nitrogen and oxygen atoms in total. The lowest BCUT2D eigenvalue weighted by molar-refractivity contribution is -0.385. The number of anilines is 1. The number of carbonyl (C=O) groups is 1. The van der Waals surface area contributed by atoms with Gasteiger partial charge in [0, 0.05) is 43.3 Å². The van der Waals surface area contributed by atoms with Crippen molar-refractivity contribution in [1.29, 1.82) is 0 Å². The van der Waals surface area contributed by atoms with Gasteiger partial charge in [0.2, 0.25) is 0 Å². The number of benzene rings is 3. The molecule has 1 N–H and O–H groups in total. The van der Waals surface area contributed by atoms with Gasteiger partial charge in [-0.05, 0) is 40.9 Å². The van der Waals surface area contributed by atoms with Crippen molar-refractivity contribution >= 4 is 51.1 Å². The Balaban J connectivity index is 1.28. The maximum Gasteiger partial charge on any atom is 0.311 e. The number of rotatable bonds is 3. The molecule has 0 atom stereocenters. The van der Waals surface area contributed by atoms with E-state index >= 15 is 0 Å². The zero-order valence-electron chi connectivity index (χ0n) is 17.5. The fourth-order valence-electron chi connectivity index (χ4n) is 4.08. The average Bonchev–Trinajstić information content (AvgIpc) is 3.20. The molecule has 2 aliphatic heterocycles. The van der Waals surface area contributed by atoms with E-state index in [0.29, 0.717) is 15.6 Å². The van der Waals surface area contributed by atoms with E-state index in [1.54, 1.807) is 6.08 Å². The van der Waals surface area contributed by atoms with E-state index in [9.17, 15) is 20.0 Å². The monoisotopic (exact) mass is 460 g/mol. The van der Waals surface area contributed by atoms with Gasteiger partial charge in [0.25, 0.3) is 5.91 Å². The maximum atomic E-state index is 12.5. The summed E-state index contributed by atoms with van der Waals surface area (Å²) in [7, 11) is 0. The number of carbonyl (C=O) groups excluding carboxylic acids is 1. The Morgan fingerprint density at radius 3 is 2.52 bits per heavy atom. The number of piperazine rings is 1. The molecule has 0 aromatic heterocycles. The molecular formula is C24H20N4O4S. The van der Waals surface area contributed by atoms with Crippen LogP contribution >= 0.6 is 11.8 Å². The third-order valence-corrected chi connectivity index (χ3v) is 6.81. The smallest absolute Gasteiger partial charge is 0.311 e. The van der Waals surface area contributed by atoms with E-state index in [4.69, 9.17) is 0 Å². The Labute approximate surface area is 194 Å². The van der Waals surface area contributed by atoms with Crippen LogP contribution in [-0.2, 0) is 4.79 Å². The van der Waals surface area contributed by atoms with Gasteiger partial charge in [-0.3, -0.25) is 14.9 Å². The van der Waals surface area contributed by atoms with E-state index in [1.165, 1.54) is 46.4 Å². The molecule has 33 heavy (non-hydrogen) atoms. The zero-order chi connectivity index (χ0) is 22.9. The van der Waals surface area contributed by atoms with Gasteiger partial charge in [-0.1, -0.05) is 42.5 Å². The molecule has 9 heteroatoms. The summed E-state index contributed by atoms with van der Waals surface area (Å²) in [5.41, 5.74) is 1.28. The molecule has 5 rings (SSSR count). The first kappa shape index (κ1) is 21.0. The molecule has 2 heterocycles. The third kappa shape index (κ3) is 4.14. The molecule has 0 aliphatic carbocycles. The lowest BCUT2D eigenvalue weighted by Gasteiger charge is -2.37. The number of aliphatic imine (C=N–C) groups is 1. The van der Waals surface area contributed by atoms with Crippen molar-refractivity contribution < 1.29 is 14.8 Å². The molecule has 0 spiro atoms. The normalized spacial score (nSPS) is 17.6. The van der Waals surface area contributed by atoms with Crippen molar-refractivity contribution in [3.8, 4) is 5.75 Å². The van der Waals surface area contributed by atoms with Crippen LogP contribution in [0.3, 0.4) is 0 Å². The number of phenolic OH excluding ortho intramolecular Hbond substituents is 1. The van der Waals surface area contributed by atoms with Crippen LogP contribution in [-0.4, -0.2) is 52.2 Å². The predicted octanol–water partition coefficient (Wildman–Crippen LogP) is 4.25. The number of nitro benzene ring substituents is 1. The number of amides is 1. The highest BCUT2D eigenvalue weighted by Gasteiger charge is 2.29. The van der Waals surface area contributed by atoms with Crippen LogP contribution in [0.15, 0.2) is 70.6 Å². The van der Waals surface area contributed by atoms with E-state index in [2.05, 4.69) is 45.1 Å². The number of aromatic hydroxyl groups is 1. The van der Waals surface area contributed by atoms with Crippen LogP contribution < -0.4 is 4.90 Å². The minimum atomic E-state index is -0.654. The fraction of sp³-hybridized carbons (Fsp3) is 0.167. The third-order valence-electron chi connectivity index (χ3n) is 5.76. The maximum absolute atomic E-state index is 12.5. The van der Waals surface area contributed by atoms with Gasteiger partial charge in [-0.2, -0.15) is 4.99 Å². The first-order valence-corrected chi connectivity index (χ1v) is 11.3. The second-order valence-electron chi connectivity index (χ2n) is 7.79. The number of phenols is 1. The SMILES string of the molecule is O=C1N=C(N2CCN(c3cccc4ccccc34)CC2)S/C1=C/c1ccc(O)c([N+](=O)[O-])c1. The summed E-state index contributed by atoms with van der Waals surface area (Å²) >= 11 is 1.27. The van der Waals surface area contributed by atoms with E-state index in [-0.39, 0.29) is 5.91 Å².